The Hall–Kier alpha value is -1.42. The molecule has 0 aromatic carbocycles. The fourth-order valence-electron chi connectivity index (χ4n) is 0.313. The van der Waals surface area contributed by atoms with Gasteiger partial charge in [-0.15, -0.1) is 0 Å². The lowest BCUT2D eigenvalue weighted by Gasteiger charge is -1.71. The number of nitrogens with zero attached hydrogens (tertiary/aromatic N) is 1. The van der Waals surface area contributed by atoms with Crippen LogP contribution in [0, 0.1) is 0 Å². The topological polar surface area (TPSA) is 81.7 Å². The summed E-state index contributed by atoms with van der Waals surface area (Å²) in [5.74, 6) is -0.745. The lowest BCUT2D eigenvalue weighted by Crippen LogP contribution is -1.86. The van der Waals surface area contributed by atoms with Crippen molar-refractivity contribution in [2.24, 2.45) is 0 Å². The van der Waals surface area contributed by atoms with E-state index in [2.05, 4.69) is 4.98 Å². The maximum atomic E-state index is 9.37. The molecular weight excluding hydrogens is 158 g/mol. The standard InChI is InChI=1S/C5H5N.C3H6O2.H2O/c1-2-4-6-5-3-1;1-2-3(4)5;/h1-5H;2H2,1H3,(H,4,5);1H2. The lowest BCUT2D eigenvalue weighted by atomic mass is 10.5. The van der Waals surface area contributed by atoms with Crippen molar-refractivity contribution in [1.29, 1.82) is 0 Å². The van der Waals surface area contributed by atoms with Crippen LogP contribution in [0.4, 0.5) is 0 Å². The van der Waals surface area contributed by atoms with E-state index in [4.69, 9.17) is 5.11 Å². The minimum atomic E-state index is -0.745. The van der Waals surface area contributed by atoms with E-state index in [0.717, 1.165) is 0 Å². The quantitative estimate of drug-likeness (QED) is 0.676. The van der Waals surface area contributed by atoms with Crippen molar-refractivity contribution in [1.82, 2.24) is 4.98 Å². The Balaban J connectivity index is 0. The molecule has 1 heterocycles. The maximum absolute atomic E-state index is 9.37. The molecule has 4 nitrogen and oxygen atoms in total. The molecule has 68 valence electrons. The first-order chi connectivity index (χ1) is 5.27. The van der Waals surface area contributed by atoms with Crippen molar-refractivity contribution < 1.29 is 15.4 Å². The van der Waals surface area contributed by atoms with Gasteiger partial charge in [-0.2, -0.15) is 0 Å². The lowest BCUT2D eigenvalue weighted by molar-refractivity contribution is -0.136. The predicted molar refractivity (Wildman–Crippen MR) is 45.8 cm³/mol. The molecule has 0 aliphatic rings. The van der Waals surface area contributed by atoms with E-state index < -0.39 is 5.97 Å². The molecule has 0 aliphatic heterocycles. The molecule has 1 aromatic rings. The second-order valence-electron chi connectivity index (χ2n) is 1.77. The molecule has 4 heteroatoms. The summed E-state index contributed by atoms with van der Waals surface area (Å²) in [5, 5.41) is 7.72. The number of aromatic nitrogens is 1. The second-order valence-corrected chi connectivity index (χ2v) is 1.77. The van der Waals surface area contributed by atoms with E-state index in [1.54, 1.807) is 19.3 Å². The normalized spacial score (nSPS) is 7.08. The number of aliphatic carboxylic acids is 1. The predicted octanol–water partition coefficient (Wildman–Crippen LogP) is 0.738. The third-order valence-corrected chi connectivity index (χ3v) is 0.869. The van der Waals surface area contributed by atoms with Crippen molar-refractivity contribution in [3.63, 3.8) is 0 Å². The fraction of sp³-hybridized carbons (Fsp3) is 0.250. The molecule has 0 unspecified atom stereocenters. The summed E-state index contributed by atoms with van der Waals surface area (Å²) in [5.41, 5.74) is 0. The van der Waals surface area contributed by atoms with Crippen molar-refractivity contribution in [3.05, 3.63) is 30.6 Å². The van der Waals surface area contributed by atoms with Gasteiger partial charge in [-0.25, -0.2) is 0 Å². The molecule has 0 atom stereocenters. The Morgan fingerprint density at radius 3 is 1.83 bits per heavy atom. The highest BCUT2D eigenvalue weighted by atomic mass is 16.4. The highest BCUT2D eigenvalue weighted by Gasteiger charge is 1.80. The summed E-state index contributed by atoms with van der Waals surface area (Å²) in [4.78, 5) is 13.2. The molecular formula is C8H13NO3. The van der Waals surface area contributed by atoms with E-state index >= 15 is 0 Å². The average Bonchev–Trinajstić information content (AvgIpc) is 2.09. The zero-order valence-corrected chi connectivity index (χ0v) is 6.90. The fourth-order valence-corrected chi connectivity index (χ4v) is 0.313. The third-order valence-electron chi connectivity index (χ3n) is 0.869. The molecule has 0 spiro atoms. The Bertz CT molecular complexity index is 162. The molecule has 0 saturated carbocycles. The van der Waals surface area contributed by atoms with Crippen LogP contribution >= 0.6 is 0 Å². The van der Waals surface area contributed by atoms with Crippen molar-refractivity contribution in [2.75, 3.05) is 0 Å². The Morgan fingerprint density at radius 2 is 1.75 bits per heavy atom. The molecule has 0 fully saturated rings. The number of carbonyl (C=O) groups is 1. The maximum Gasteiger partial charge on any atom is 0.303 e. The van der Waals surface area contributed by atoms with Gasteiger partial charge in [-0.3, -0.25) is 9.78 Å². The minimum absolute atomic E-state index is 0. The van der Waals surface area contributed by atoms with E-state index in [9.17, 15) is 4.79 Å². The van der Waals surface area contributed by atoms with Crippen LogP contribution in [0.15, 0.2) is 30.6 Å². The molecule has 1 rings (SSSR count). The molecule has 1 aromatic heterocycles. The summed E-state index contributed by atoms with van der Waals surface area (Å²) < 4.78 is 0. The van der Waals surface area contributed by atoms with Gasteiger partial charge in [0.05, 0.1) is 0 Å². The zero-order valence-electron chi connectivity index (χ0n) is 6.90. The summed E-state index contributed by atoms with van der Waals surface area (Å²) in [6.07, 6.45) is 3.72. The molecule has 0 bridgehead atoms. The number of pyridine rings is 1. The van der Waals surface area contributed by atoms with Gasteiger partial charge in [0, 0.05) is 18.8 Å². The number of hydrogen-bond acceptors (Lipinski definition) is 2. The molecule has 0 radical (unpaired) electrons. The van der Waals surface area contributed by atoms with Gasteiger partial charge in [0.2, 0.25) is 0 Å². The van der Waals surface area contributed by atoms with Gasteiger partial charge in [0.1, 0.15) is 0 Å². The van der Waals surface area contributed by atoms with Crippen LogP contribution in [0.3, 0.4) is 0 Å². The van der Waals surface area contributed by atoms with Crippen molar-refractivity contribution in [2.45, 2.75) is 13.3 Å². The number of rotatable bonds is 1. The first-order valence-corrected chi connectivity index (χ1v) is 3.34. The summed E-state index contributed by atoms with van der Waals surface area (Å²) in [6, 6.07) is 5.72. The van der Waals surface area contributed by atoms with Crippen LogP contribution in [0.2, 0.25) is 0 Å². The highest BCUT2D eigenvalue weighted by molar-refractivity contribution is 5.66. The van der Waals surface area contributed by atoms with Gasteiger partial charge in [0.15, 0.2) is 0 Å². The van der Waals surface area contributed by atoms with Crippen LogP contribution in [0.5, 0.6) is 0 Å². The first kappa shape index (κ1) is 13.2. The Kier molecular flexibility index (Phi) is 10.5. The van der Waals surface area contributed by atoms with Gasteiger partial charge in [-0.05, 0) is 12.1 Å². The van der Waals surface area contributed by atoms with Crippen LogP contribution in [0.25, 0.3) is 0 Å². The van der Waals surface area contributed by atoms with Crippen LogP contribution in [-0.4, -0.2) is 21.5 Å². The highest BCUT2D eigenvalue weighted by Crippen LogP contribution is 1.73. The van der Waals surface area contributed by atoms with E-state index in [0.29, 0.717) is 0 Å². The number of carboxylic acids is 1. The molecule has 3 N–H and O–H groups in total. The monoisotopic (exact) mass is 171 g/mol. The second kappa shape index (κ2) is 9.58. The largest absolute Gasteiger partial charge is 0.481 e. The summed E-state index contributed by atoms with van der Waals surface area (Å²) >= 11 is 0. The minimum Gasteiger partial charge on any atom is -0.481 e. The Morgan fingerprint density at radius 1 is 1.33 bits per heavy atom. The van der Waals surface area contributed by atoms with Crippen molar-refractivity contribution >= 4 is 5.97 Å². The van der Waals surface area contributed by atoms with Gasteiger partial charge >= 0.3 is 5.97 Å². The summed E-state index contributed by atoms with van der Waals surface area (Å²) in [7, 11) is 0. The summed E-state index contributed by atoms with van der Waals surface area (Å²) in [6.45, 7) is 1.60. The third kappa shape index (κ3) is 11.4. The molecule has 0 amide bonds. The Labute approximate surface area is 71.2 Å². The van der Waals surface area contributed by atoms with E-state index in [1.807, 2.05) is 18.2 Å². The van der Waals surface area contributed by atoms with Gasteiger partial charge in [-0.1, -0.05) is 13.0 Å². The molecule has 12 heavy (non-hydrogen) atoms. The number of hydrogen-bond donors (Lipinski definition) is 1. The zero-order chi connectivity index (χ0) is 8.53. The van der Waals surface area contributed by atoms with E-state index in [1.165, 1.54) is 0 Å². The molecule has 0 saturated heterocycles. The number of carboxylic acid groups (broad SMARTS) is 1. The average molecular weight is 171 g/mol. The van der Waals surface area contributed by atoms with Gasteiger partial charge in [0.25, 0.3) is 0 Å². The van der Waals surface area contributed by atoms with Crippen molar-refractivity contribution in [3.8, 4) is 0 Å². The smallest absolute Gasteiger partial charge is 0.303 e. The van der Waals surface area contributed by atoms with Crippen LogP contribution in [-0.2, 0) is 4.79 Å². The first-order valence-electron chi connectivity index (χ1n) is 3.34. The van der Waals surface area contributed by atoms with E-state index in [-0.39, 0.29) is 11.9 Å². The molecule has 0 aliphatic carbocycles. The van der Waals surface area contributed by atoms with Gasteiger partial charge < -0.3 is 10.6 Å². The van der Waals surface area contributed by atoms with Crippen LogP contribution in [0.1, 0.15) is 13.3 Å². The SMILES string of the molecule is CCC(=O)O.O.c1ccncc1. The van der Waals surface area contributed by atoms with Crippen LogP contribution < -0.4 is 0 Å².